The van der Waals surface area contributed by atoms with E-state index in [4.69, 9.17) is 4.74 Å². The average Bonchev–Trinajstić information content (AvgIpc) is 2.85. The number of nitrogens with zero attached hydrogens (tertiary/aromatic N) is 1. The standard InChI is InChI=1S/C30H36N2O3/c1-23(2)31-30(34)28(21-25-11-6-4-7-12-25)32(22-26-13-8-5-9-14-26)29(33)15-10-20-35-27-18-16-24(3)17-19-27/h4-9,11-14,16-19,23,28H,10,15,20-22H2,1-3H3,(H,31,34). The molecule has 0 fully saturated rings. The Morgan fingerprint density at radius 1 is 0.857 bits per heavy atom. The largest absolute Gasteiger partial charge is 0.494 e. The Morgan fingerprint density at radius 2 is 1.46 bits per heavy atom. The van der Waals surface area contributed by atoms with E-state index < -0.39 is 6.04 Å². The van der Waals surface area contributed by atoms with E-state index in [0.29, 0.717) is 32.4 Å². The van der Waals surface area contributed by atoms with Gasteiger partial charge in [-0.25, -0.2) is 0 Å². The van der Waals surface area contributed by atoms with E-state index in [-0.39, 0.29) is 17.9 Å². The quantitative estimate of drug-likeness (QED) is 0.363. The van der Waals surface area contributed by atoms with Gasteiger partial charge in [0.05, 0.1) is 6.61 Å². The van der Waals surface area contributed by atoms with Crippen molar-refractivity contribution in [1.29, 1.82) is 0 Å². The van der Waals surface area contributed by atoms with Crippen LogP contribution in [0.5, 0.6) is 5.75 Å². The molecule has 1 N–H and O–H groups in total. The summed E-state index contributed by atoms with van der Waals surface area (Å²) < 4.78 is 5.82. The second-order valence-corrected chi connectivity index (χ2v) is 9.14. The lowest BCUT2D eigenvalue weighted by Crippen LogP contribution is -2.51. The Balaban J connectivity index is 1.75. The van der Waals surface area contributed by atoms with Crippen LogP contribution in [0.1, 0.15) is 43.4 Å². The maximum Gasteiger partial charge on any atom is 0.243 e. The molecule has 1 unspecified atom stereocenters. The molecule has 5 nitrogen and oxygen atoms in total. The average molecular weight is 473 g/mol. The van der Waals surface area contributed by atoms with Gasteiger partial charge in [0.1, 0.15) is 11.8 Å². The third-order valence-electron chi connectivity index (χ3n) is 5.72. The van der Waals surface area contributed by atoms with Crippen LogP contribution in [0, 0.1) is 6.92 Å². The topological polar surface area (TPSA) is 58.6 Å². The number of carbonyl (C=O) groups is 2. The first-order valence-corrected chi connectivity index (χ1v) is 12.3. The zero-order valence-corrected chi connectivity index (χ0v) is 20.9. The van der Waals surface area contributed by atoms with Gasteiger partial charge in [0, 0.05) is 25.4 Å². The number of nitrogens with one attached hydrogen (secondary N) is 1. The molecule has 0 aliphatic rings. The highest BCUT2D eigenvalue weighted by atomic mass is 16.5. The summed E-state index contributed by atoms with van der Waals surface area (Å²) in [6.45, 7) is 6.72. The number of aryl methyl sites for hydroxylation is 1. The minimum atomic E-state index is -0.606. The molecule has 184 valence electrons. The molecular weight excluding hydrogens is 436 g/mol. The van der Waals surface area contributed by atoms with Gasteiger partial charge in [-0.2, -0.15) is 0 Å². The summed E-state index contributed by atoms with van der Waals surface area (Å²) in [5, 5.41) is 3.02. The van der Waals surface area contributed by atoms with Crippen molar-refractivity contribution >= 4 is 11.8 Å². The molecule has 0 heterocycles. The Kier molecular flexibility index (Phi) is 9.91. The van der Waals surface area contributed by atoms with Crippen LogP contribution in [0.3, 0.4) is 0 Å². The summed E-state index contributed by atoms with van der Waals surface area (Å²) in [5.41, 5.74) is 3.19. The lowest BCUT2D eigenvalue weighted by atomic mass is 10.0. The molecule has 3 aromatic carbocycles. The summed E-state index contributed by atoms with van der Waals surface area (Å²) in [6, 6.07) is 26.9. The molecule has 1 atom stereocenters. The van der Waals surface area contributed by atoms with E-state index >= 15 is 0 Å². The maximum absolute atomic E-state index is 13.5. The van der Waals surface area contributed by atoms with E-state index in [1.807, 2.05) is 106 Å². The third kappa shape index (κ3) is 8.60. The molecule has 0 aliphatic heterocycles. The molecule has 0 saturated carbocycles. The van der Waals surface area contributed by atoms with Crippen molar-refractivity contribution in [2.24, 2.45) is 0 Å². The normalized spacial score (nSPS) is 11.7. The van der Waals surface area contributed by atoms with Crippen molar-refractivity contribution in [3.05, 3.63) is 102 Å². The Morgan fingerprint density at radius 3 is 2.06 bits per heavy atom. The van der Waals surface area contributed by atoms with Crippen LogP contribution in [-0.4, -0.2) is 35.4 Å². The number of amides is 2. The first-order valence-electron chi connectivity index (χ1n) is 12.3. The van der Waals surface area contributed by atoms with Crippen LogP contribution in [-0.2, 0) is 22.6 Å². The monoisotopic (exact) mass is 472 g/mol. The Labute approximate surface area is 209 Å². The molecule has 0 aliphatic carbocycles. The lowest BCUT2D eigenvalue weighted by molar-refractivity contribution is -0.141. The highest BCUT2D eigenvalue weighted by Gasteiger charge is 2.30. The molecule has 0 spiro atoms. The fourth-order valence-electron chi connectivity index (χ4n) is 3.91. The van der Waals surface area contributed by atoms with E-state index in [2.05, 4.69) is 5.32 Å². The zero-order valence-electron chi connectivity index (χ0n) is 20.9. The Bertz CT molecular complexity index is 1050. The van der Waals surface area contributed by atoms with Crippen LogP contribution < -0.4 is 10.1 Å². The zero-order chi connectivity index (χ0) is 25.0. The molecule has 5 heteroatoms. The summed E-state index contributed by atoms with van der Waals surface area (Å²) in [4.78, 5) is 28.6. The van der Waals surface area contributed by atoms with Crippen molar-refractivity contribution in [3.8, 4) is 5.75 Å². The predicted molar refractivity (Wildman–Crippen MR) is 140 cm³/mol. The first-order chi connectivity index (χ1) is 16.9. The molecular formula is C30H36N2O3. The maximum atomic E-state index is 13.5. The van der Waals surface area contributed by atoms with Gasteiger partial charge in [-0.3, -0.25) is 9.59 Å². The van der Waals surface area contributed by atoms with Gasteiger partial charge in [-0.1, -0.05) is 78.4 Å². The minimum Gasteiger partial charge on any atom is -0.494 e. The molecule has 0 bridgehead atoms. The second kappa shape index (κ2) is 13.3. The van der Waals surface area contributed by atoms with Gasteiger partial charge in [0.15, 0.2) is 0 Å². The lowest BCUT2D eigenvalue weighted by Gasteiger charge is -2.32. The van der Waals surface area contributed by atoms with Crippen molar-refractivity contribution in [3.63, 3.8) is 0 Å². The van der Waals surface area contributed by atoms with E-state index in [1.165, 1.54) is 5.56 Å². The van der Waals surface area contributed by atoms with Gasteiger partial charge < -0.3 is 15.0 Å². The van der Waals surface area contributed by atoms with Gasteiger partial charge in [0.25, 0.3) is 0 Å². The van der Waals surface area contributed by atoms with E-state index in [1.54, 1.807) is 4.90 Å². The van der Waals surface area contributed by atoms with Gasteiger partial charge >= 0.3 is 0 Å². The van der Waals surface area contributed by atoms with Crippen molar-refractivity contribution in [2.75, 3.05) is 6.61 Å². The summed E-state index contributed by atoms with van der Waals surface area (Å²) >= 11 is 0. The number of benzene rings is 3. The fraction of sp³-hybridized carbons (Fsp3) is 0.333. The molecule has 3 aromatic rings. The number of hydrogen-bond donors (Lipinski definition) is 1. The molecule has 3 rings (SSSR count). The summed E-state index contributed by atoms with van der Waals surface area (Å²) in [5.74, 6) is 0.604. The molecule has 2 amide bonds. The number of ether oxygens (including phenoxy) is 1. The highest BCUT2D eigenvalue weighted by molar-refractivity contribution is 5.88. The van der Waals surface area contributed by atoms with Gasteiger partial charge in [0.2, 0.25) is 11.8 Å². The van der Waals surface area contributed by atoms with Crippen LogP contribution in [0.4, 0.5) is 0 Å². The van der Waals surface area contributed by atoms with Gasteiger partial charge in [-0.15, -0.1) is 0 Å². The SMILES string of the molecule is Cc1ccc(OCCCC(=O)N(Cc2ccccc2)C(Cc2ccccc2)C(=O)NC(C)C)cc1. The second-order valence-electron chi connectivity index (χ2n) is 9.14. The molecule has 35 heavy (non-hydrogen) atoms. The highest BCUT2D eigenvalue weighted by Crippen LogP contribution is 2.17. The minimum absolute atomic E-state index is 0.0163. The summed E-state index contributed by atoms with van der Waals surface area (Å²) in [7, 11) is 0. The smallest absolute Gasteiger partial charge is 0.243 e. The number of rotatable bonds is 12. The summed E-state index contributed by atoms with van der Waals surface area (Å²) in [6.07, 6.45) is 1.33. The molecule has 0 saturated heterocycles. The number of hydrogen-bond acceptors (Lipinski definition) is 3. The number of carbonyl (C=O) groups excluding carboxylic acids is 2. The van der Waals surface area contributed by atoms with Gasteiger partial charge in [-0.05, 0) is 50.5 Å². The van der Waals surface area contributed by atoms with Crippen molar-refractivity contribution in [2.45, 2.75) is 58.7 Å². The van der Waals surface area contributed by atoms with Crippen LogP contribution in [0.25, 0.3) is 0 Å². The van der Waals surface area contributed by atoms with Crippen LogP contribution in [0.15, 0.2) is 84.9 Å². The van der Waals surface area contributed by atoms with Crippen LogP contribution >= 0.6 is 0 Å². The third-order valence-corrected chi connectivity index (χ3v) is 5.72. The van der Waals surface area contributed by atoms with Crippen molar-refractivity contribution in [1.82, 2.24) is 10.2 Å². The Hall–Kier alpha value is -3.60. The predicted octanol–water partition coefficient (Wildman–Crippen LogP) is 5.32. The van der Waals surface area contributed by atoms with E-state index in [9.17, 15) is 9.59 Å². The molecule has 0 radical (unpaired) electrons. The van der Waals surface area contributed by atoms with E-state index in [0.717, 1.165) is 16.9 Å². The van der Waals surface area contributed by atoms with Crippen LogP contribution in [0.2, 0.25) is 0 Å². The molecule has 0 aromatic heterocycles. The first kappa shape index (κ1) is 26.0. The van der Waals surface area contributed by atoms with Crippen molar-refractivity contribution < 1.29 is 14.3 Å². The fourth-order valence-corrected chi connectivity index (χ4v) is 3.91.